The maximum absolute atomic E-state index is 10.2. The molecule has 0 N–H and O–H groups in total. The summed E-state index contributed by atoms with van der Waals surface area (Å²) in [6.07, 6.45) is 3.85. The van der Waals surface area contributed by atoms with E-state index < -0.39 is 0 Å². The van der Waals surface area contributed by atoms with Crippen LogP contribution in [0.5, 0.6) is 0 Å². The molecule has 0 aromatic carbocycles. The summed E-state index contributed by atoms with van der Waals surface area (Å²) in [4.78, 5) is 12.3. The molecule has 1 fully saturated rings. The molecule has 0 aliphatic carbocycles. The fourth-order valence-corrected chi connectivity index (χ4v) is 1.43. The summed E-state index contributed by atoms with van der Waals surface area (Å²) >= 11 is 0. The minimum atomic E-state index is -0.0671. The van der Waals surface area contributed by atoms with Crippen LogP contribution in [0.25, 0.3) is 0 Å². The van der Waals surface area contributed by atoms with E-state index >= 15 is 0 Å². The summed E-state index contributed by atoms with van der Waals surface area (Å²) in [7, 11) is 0. The van der Waals surface area contributed by atoms with Crippen molar-refractivity contribution in [1.82, 2.24) is 4.90 Å². The minimum Gasteiger partial charge on any atom is -0.286 e. The molecular formula is C10H12NO. The highest BCUT2D eigenvalue weighted by atomic mass is 16.1. The number of hydrogen-bond donors (Lipinski definition) is 0. The van der Waals surface area contributed by atoms with E-state index in [0.29, 0.717) is 0 Å². The Balaban J connectivity index is 2.61. The molecule has 1 saturated heterocycles. The van der Waals surface area contributed by atoms with Crippen LogP contribution in [0.15, 0.2) is 6.08 Å². The average Bonchev–Trinajstić information content (AvgIpc) is 2.56. The third-order valence-electron chi connectivity index (χ3n) is 2.01. The molecule has 1 unspecified atom stereocenters. The molecule has 2 heteroatoms. The summed E-state index contributed by atoms with van der Waals surface area (Å²) in [5.41, 5.74) is 0. The highest BCUT2D eigenvalue weighted by Crippen LogP contribution is 2.11. The quantitative estimate of drug-likeness (QED) is 0.439. The van der Waals surface area contributed by atoms with Gasteiger partial charge in [0.05, 0.1) is 0 Å². The molecule has 1 atom stereocenters. The van der Waals surface area contributed by atoms with E-state index in [2.05, 4.69) is 23.7 Å². The SMILES string of the molecule is [CH2]C#CC(C=C=O)N1CCCC1. The lowest BCUT2D eigenvalue weighted by Gasteiger charge is -2.17. The first-order chi connectivity index (χ1) is 5.88. The van der Waals surface area contributed by atoms with Crippen molar-refractivity contribution < 1.29 is 4.79 Å². The standard InChI is InChI=1S/C10H12NO/c1-2-5-10(6-9-12)11-7-3-4-8-11/h6,10H,1,3-4,7-8H2. The second-order valence-corrected chi connectivity index (χ2v) is 2.79. The lowest BCUT2D eigenvalue weighted by molar-refractivity contribution is 0.330. The van der Waals surface area contributed by atoms with E-state index in [1.807, 2.05) is 0 Å². The lowest BCUT2D eigenvalue weighted by atomic mass is 10.2. The Kier molecular flexibility index (Phi) is 3.60. The maximum Gasteiger partial charge on any atom is 0.122 e. The van der Waals surface area contributed by atoms with E-state index in [-0.39, 0.29) is 6.04 Å². The average molecular weight is 162 g/mol. The van der Waals surface area contributed by atoms with Gasteiger partial charge in [0.25, 0.3) is 0 Å². The Morgan fingerprint density at radius 1 is 1.42 bits per heavy atom. The summed E-state index contributed by atoms with van der Waals surface area (Å²) in [6, 6.07) is -0.0671. The van der Waals surface area contributed by atoms with E-state index in [4.69, 9.17) is 0 Å². The highest BCUT2D eigenvalue weighted by Gasteiger charge is 2.17. The van der Waals surface area contributed by atoms with Crippen LogP contribution in [0.1, 0.15) is 12.8 Å². The molecule has 1 aliphatic rings. The number of hydrogen-bond acceptors (Lipinski definition) is 2. The normalized spacial score (nSPS) is 19.1. The van der Waals surface area contributed by atoms with Gasteiger partial charge in [-0.2, -0.15) is 0 Å². The molecule has 0 amide bonds. The van der Waals surface area contributed by atoms with Crippen molar-refractivity contribution in [3.8, 4) is 11.8 Å². The minimum absolute atomic E-state index is 0.0671. The van der Waals surface area contributed by atoms with Crippen molar-refractivity contribution in [3.05, 3.63) is 13.0 Å². The summed E-state index contributed by atoms with van der Waals surface area (Å²) in [5.74, 6) is 7.23. The molecule has 2 nitrogen and oxygen atoms in total. The molecule has 0 aromatic heterocycles. The Morgan fingerprint density at radius 3 is 2.58 bits per heavy atom. The van der Waals surface area contributed by atoms with Gasteiger partial charge in [0.15, 0.2) is 0 Å². The zero-order chi connectivity index (χ0) is 8.81. The molecule has 0 saturated carbocycles. The van der Waals surface area contributed by atoms with Crippen LogP contribution in [-0.4, -0.2) is 30.0 Å². The molecule has 0 spiro atoms. The smallest absolute Gasteiger partial charge is 0.122 e. The first-order valence-electron chi connectivity index (χ1n) is 4.11. The largest absolute Gasteiger partial charge is 0.286 e. The third kappa shape index (κ3) is 2.23. The van der Waals surface area contributed by atoms with Crippen molar-refractivity contribution in [2.24, 2.45) is 0 Å². The van der Waals surface area contributed by atoms with Gasteiger partial charge in [0, 0.05) is 13.0 Å². The predicted molar refractivity (Wildman–Crippen MR) is 48.0 cm³/mol. The zero-order valence-corrected chi connectivity index (χ0v) is 7.05. The van der Waals surface area contributed by atoms with E-state index in [1.54, 1.807) is 5.94 Å². The van der Waals surface area contributed by atoms with Crippen molar-refractivity contribution >= 4 is 5.94 Å². The number of carbonyl (C=O) groups excluding carboxylic acids is 1. The van der Waals surface area contributed by atoms with Crippen LogP contribution >= 0.6 is 0 Å². The third-order valence-corrected chi connectivity index (χ3v) is 2.01. The Labute approximate surface area is 73.2 Å². The fraction of sp³-hybridized carbons (Fsp3) is 0.500. The lowest BCUT2D eigenvalue weighted by Crippen LogP contribution is -2.29. The van der Waals surface area contributed by atoms with Crippen molar-refractivity contribution in [2.45, 2.75) is 18.9 Å². The van der Waals surface area contributed by atoms with Gasteiger partial charge in [-0.05, 0) is 25.9 Å². The van der Waals surface area contributed by atoms with Crippen LogP contribution < -0.4 is 0 Å². The van der Waals surface area contributed by atoms with Gasteiger partial charge < -0.3 is 0 Å². The van der Waals surface area contributed by atoms with Gasteiger partial charge >= 0.3 is 0 Å². The Morgan fingerprint density at radius 2 is 2.08 bits per heavy atom. The Hall–Kier alpha value is -1.03. The number of likely N-dealkylation sites (tertiary alicyclic amines) is 1. The maximum atomic E-state index is 10.2. The van der Waals surface area contributed by atoms with Gasteiger partial charge in [-0.3, -0.25) is 4.90 Å². The summed E-state index contributed by atoms with van der Waals surface area (Å²) < 4.78 is 0. The molecule has 0 aromatic rings. The molecule has 1 radical (unpaired) electrons. The highest BCUT2D eigenvalue weighted by molar-refractivity contribution is 5.48. The Bertz CT molecular complexity index is 236. The zero-order valence-electron chi connectivity index (χ0n) is 7.05. The van der Waals surface area contributed by atoms with Crippen molar-refractivity contribution in [2.75, 3.05) is 13.1 Å². The van der Waals surface area contributed by atoms with Crippen LogP contribution in [0.2, 0.25) is 0 Å². The molecule has 1 aliphatic heterocycles. The number of rotatable bonds is 2. The first-order valence-corrected chi connectivity index (χ1v) is 4.11. The molecule has 1 rings (SSSR count). The van der Waals surface area contributed by atoms with Gasteiger partial charge in [-0.25, -0.2) is 4.79 Å². The second kappa shape index (κ2) is 4.77. The van der Waals surface area contributed by atoms with Gasteiger partial charge in [-0.15, -0.1) is 5.92 Å². The van der Waals surface area contributed by atoms with Crippen LogP contribution in [0.3, 0.4) is 0 Å². The van der Waals surface area contributed by atoms with Crippen LogP contribution in [0.4, 0.5) is 0 Å². The van der Waals surface area contributed by atoms with E-state index in [1.165, 1.54) is 18.9 Å². The van der Waals surface area contributed by atoms with Crippen molar-refractivity contribution in [3.63, 3.8) is 0 Å². The van der Waals surface area contributed by atoms with Crippen molar-refractivity contribution in [1.29, 1.82) is 0 Å². The molecule has 1 heterocycles. The molecule has 63 valence electrons. The van der Waals surface area contributed by atoms with Gasteiger partial charge in [-0.1, -0.05) is 5.92 Å². The fourth-order valence-electron chi connectivity index (χ4n) is 1.43. The van der Waals surface area contributed by atoms with Crippen LogP contribution in [0, 0.1) is 18.8 Å². The molecule has 12 heavy (non-hydrogen) atoms. The van der Waals surface area contributed by atoms with E-state index in [0.717, 1.165) is 13.1 Å². The molecule has 0 bridgehead atoms. The summed E-state index contributed by atoms with van der Waals surface area (Å²) in [6.45, 7) is 5.49. The van der Waals surface area contributed by atoms with Crippen LogP contribution in [-0.2, 0) is 4.79 Å². The topological polar surface area (TPSA) is 20.3 Å². The van der Waals surface area contributed by atoms with Gasteiger partial charge in [0.2, 0.25) is 0 Å². The summed E-state index contributed by atoms with van der Waals surface area (Å²) in [5, 5.41) is 0. The number of nitrogens with zero attached hydrogens (tertiary/aromatic N) is 1. The van der Waals surface area contributed by atoms with Gasteiger partial charge in [0.1, 0.15) is 12.0 Å². The monoisotopic (exact) mass is 162 g/mol. The van der Waals surface area contributed by atoms with E-state index in [9.17, 15) is 4.79 Å². The second-order valence-electron chi connectivity index (χ2n) is 2.79. The predicted octanol–water partition coefficient (Wildman–Crippen LogP) is 0.676. The molecular weight excluding hydrogens is 150 g/mol. The first kappa shape index (κ1) is 9.06.